The number of carbonyl (C=O) groups is 2. The first-order valence-corrected chi connectivity index (χ1v) is 8.54. The molecule has 2 unspecified atom stereocenters. The summed E-state index contributed by atoms with van der Waals surface area (Å²) < 4.78 is 1.29. The second-order valence-electron chi connectivity index (χ2n) is 6.42. The monoisotopic (exact) mass is 342 g/mol. The minimum absolute atomic E-state index is 0.0206. The third-order valence-corrected chi connectivity index (χ3v) is 4.89. The van der Waals surface area contributed by atoms with Crippen LogP contribution in [0.4, 0.5) is 0 Å². The van der Waals surface area contributed by atoms with Gasteiger partial charge in [0.15, 0.2) is 5.69 Å². The third kappa shape index (κ3) is 3.87. The average Bonchev–Trinajstić information content (AvgIpc) is 3.10. The maximum Gasteiger partial charge on any atom is 0.358 e. The van der Waals surface area contributed by atoms with Crippen molar-refractivity contribution in [3.05, 3.63) is 47.8 Å². The van der Waals surface area contributed by atoms with Crippen LogP contribution < -0.4 is 0 Å². The quantitative estimate of drug-likeness (QED) is 0.898. The summed E-state index contributed by atoms with van der Waals surface area (Å²) in [5, 5.41) is 16.1. The number of carboxylic acid groups (broad SMARTS) is 1. The second-order valence-corrected chi connectivity index (χ2v) is 6.42. The molecule has 132 valence electrons. The topological polar surface area (TPSA) is 88.3 Å². The molecule has 1 aromatic carbocycles. The zero-order valence-electron chi connectivity index (χ0n) is 14.2. The Bertz CT molecular complexity index is 744. The van der Waals surface area contributed by atoms with E-state index < -0.39 is 5.97 Å². The lowest BCUT2D eigenvalue weighted by Crippen LogP contribution is -2.44. The summed E-state index contributed by atoms with van der Waals surface area (Å²) in [5.41, 5.74) is 1.19. The van der Waals surface area contributed by atoms with Crippen molar-refractivity contribution < 1.29 is 14.7 Å². The first kappa shape index (κ1) is 17.1. The maximum absolute atomic E-state index is 12.5. The molecule has 0 radical (unpaired) electrons. The highest BCUT2D eigenvalue weighted by Gasteiger charge is 2.31. The van der Waals surface area contributed by atoms with E-state index in [9.17, 15) is 9.59 Å². The Morgan fingerprint density at radius 2 is 2.04 bits per heavy atom. The molecule has 3 rings (SSSR count). The molecule has 0 aliphatic carbocycles. The number of carbonyl (C=O) groups excluding carboxylic acids is 1. The Morgan fingerprint density at radius 1 is 1.28 bits per heavy atom. The van der Waals surface area contributed by atoms with Crippen molar-refractivity contribution in [2.75, 3.05) is 13.1 Å². The zero-order valence-corrected chi connectivity index (χ0v) is 14.2. The molecular weight excluding hydrogens is 320 g/mol. The predicted octanol–water partition coefficient (Wildman–Crippen LogP) is 2.02. The van der Waals surface area contributed by atoms with Crippen LogP contribution in [0.15, 0.2) is 36.5 Å². The van der Waals surface area contributed by atoms with Crippen molar-refractivity contribution in [3.8, 4) is 0 Å². The van der Waals surface area contributed by atoms with Crippen LogP contribution in [-0.2, 0) is 11.3 Å². The van der Waals surface area contributed by atoms with Crippen LogP contribution in [0.3, 0.4) is 0 Å². The Labute approximate surface area is 146 Å². The molecule has 1 N–H and O–H groups in total. The highest BCUT2D eigenvalue weighted by atomic mass is 16.4. The van der Waals surface area contributed by atoms with E-state index >= 15 is 0 Å². The van der Waals surface area contributed by atoms with Gasteiger partial charge in [-0.1, -0.05) is 48.9 Å². The predicted molar refractivity (Wildman–Crippen MR) is 91.1 cm³/mol. The molecule has 7 nitrogen and oxygen atoms in total. The molecule has 1 aliphatic heterocycles. The fourth-order valence-electron chi connectivity index (χ4n) is 3.52. The van der Waals surface area contributed by atoms with Gasteiger partial charge in [0.2, 0.25) is 5.91 Å². The van der Waals surface area contributed by atoms with E-state index in [-0.39, 0.29) is 18.1 Å². The van der Waals surface area contributed by atoms with Gasteiger partial charge in [0.25, 0.3) is 0 Å². The fourth-order valence-corrected chi connectivity index (χ4v) is 3.52. The molecular formula is C18H22N4O3. The summed E-state index contributed by atoms with van der Waals surface area (Å²) >= 11 is 0. The summed E-state index contributed by atoms with van der Waals surface area (Å²) in [6.45, 7) is 3.60. The molecule has 2 atom stereocenters. The summed E-state index contributed by atoms with van der Waals surface area (Å²) in [4.78, 5) is 25.2. The SMILES string of the molecule is CCC1CN(C(=O)Cn2cc(C(=O)O)nn2)CCC1c1ccccc1. The number of aromatic nitrogens is 3. The summed E-state index contributed by atoms with van der Waals surface area (Å²) in [7, 11) is 0. The molecule has 1 saturated heterocycles. The first-order valence-electron chi connectivity index (χ1n) is 8.54. The number of benzene rings is 1. The molecule has 2 aromatic rings. The molecule has 0 bridgehead atoms. The molecule has 1 fully saturated rings. The Morgan fingerprint density at radius 3 is 2.68 bits per heavy atom. The lowest BCUT2D eigenvalue weighted by Gasteiger charge is -2.38. The maximum atomic E-state index is 12.5. The minimum Gasteiger partial charge on any atom is -0.476 e. The normalized spacial score (nSPS) is 20.4. The van der Waals surface area contributed by atoms with Crippen molar-refractivity contribution in [1.29, 1.82) is 0 Å². The van der Waals surface area contributed by atoms with Crippen LogP contribution in [-0.4, -0.2) is 50.0 Å². The Kier molecular flexibility index (Phi) is 5.11. The van der Waals surface area contributed by atoms with Crippen molar-refractivity contribution in [3.63, 3.8) is 0 Å². The van der Waals surface area contributed by atoms with Gasteiger partial charge in [-0.05, 0) is 23.8 Å². The number of nitrogens with zero attached hydrogens (tertiary/aromatic N) is 4. The smallest absolute Gasteiger partial charge is 0.358 e. The van der Waals surface area contributed by atoms with E-state index in [0.29, 0.717) is 18.4 Å². The average molecular weight is 342 g/mol. The van der Waals surface area contributed by atoms with Crippen LogP contribution in [0.2, 0.25) is 0 Å². The van der Waals surface area contributed by atoms with Crippen LogP contribution in [0.25, 0.3) is 0 Å². The molecule has 0 spiro atoms. The second kappa shape index (κ2) is 7.46. The van der Waals surface area contributed by atoms with Crippen molar-refractivity contribution in [2.24, 2.45) is 5.92 Å². The number of piperidine rings is 1. The van der Waals surface area contributed by atoms with Gasteiger partial charge in [0, 0.05) is 13.1 Å². The number of amides is 1. The number of carboxylic acids is 1. The molecule has 25 heavy (non-hydrogen) atoms. The van der Waals surface area contributed by atoms with Crippen molar-refractivity contribution in [2.45, 2.75) is 32.2 Å². The van der Waals surface area contributed by atoms with E-state index in [2.05, 4.69) is 41.5 Å². The van der Waals surface area contributed by atoms with Crippen LogP contribution in [0.1, 0.15) is 41.7 Å². The summed E-state index contributed by atoms with van der Waals surface area (Å²) in [6.07, 6.45) is 3.23. The Hall–Kier alpha value is -2.70. The van der Waals surface area contributed by atoms with E-state index in [1.807, 2.05) is 11.0 Å². The van der Waals surface area contributed by atoms with Crippen LogP contribution >= 0.6 is 0 Å². The van der Waals surface area contributed by atoms with Gasteiger partial charge in [-0.25, -0.2) is 9.48 Å². The van der Waals surface area contributed by atoms with Gasteiger partial charge in [-0.15, -0.1) is 5.10 Å². The minimum atomic E-state index is -1.14. The fraction of sp³-hybridized carbons (Fsp3) is 0.444. The summed E-state index contributed by atoms with van der Waals surface area (Å²) in [5.74, 6) is -0.300. The van der Waals surface area contributed by atoms with Crippen molar-refractivity contribution in [1.82, 2.24) is 19.9 Å². The van der Waals surface area contributed by atoms with Gasteiger partial charge < -0.3 is 10.0 Å². The highest BCUT2D eigenvalue weighted by Crippen LogP contribution is 2.34. The van der Waals surface area contributed by atoms with Gasteiger partial charge in [0.05, 0.1) is 6.20 Å². The van der Waals surface area contributed by atoms with E-state index in [4.69, 9.17) is 5.11 Å². The lowest BCUT2D eigenvalue weighted by molar-refractivity contribution is -0.134. The molecule has 1 aliphatic rings. The standard InChI is InChI=1S/C18H22N4O3/c1-2-13-10-21(9-8-15(13)14-6-4-3-5-7-14)17(23)12-22-11-16(18(24)25)19-20-22/h3-7,11,13,15H,2,8-10,12H2,1H3,(H,24,25). The van der Waals surface area contributed by atoms with E-state index in [0.717, 1.165) is 19.4 Å². The van der Waals surface area contributed by atoms with Crippen LogP contribution in [0.5, 0.6) is 0 Å². The van der Waals surface area contributed by atoms with Gasteiger partial charge in [0.1, 0.15) is 6.54 Å². The third-order valence-electron chi connectivity index (χ3n) is 4.89. The van der Waals surface area contributed by atoms with E-state index in [1.165, 1.54) is 16.4 Å². The molecule has 0 saturated carbocycles. The van der Waals surface area contributed by atoms with Gasteiger partial charge >= 0.3 is 5.97 Å². The molecule has 2 heterocycles. The number of aromatic carboxylic acids is 1. The van der Waals surface area contributed by atoms with Gasteiger partial charge in [-0.3, -0.25) is 4.79 Å². The Balaban J connectivity index is 1.64. The largest absolute Gasteiger partial charge is 0.476 e. The first-order chi connectivity index (χ1) is 12.1. The lowest BCUT2D eigenvalue weighted by atomic mass is 9.79. The van der Waals surface area contributed by atoms with Gasteiger partial charge in [-0.2, -0.15) is 0 Å². The van der Waals surface area contributed by atoms with E-state index in [1.54, 1.807) is 0 Å². The van der Waals surface area contributed by atoms with Crippen LogP contribution in [0, 0.1) is 5.92 Å². The number of rotatable bonds is 5. The number of likely N-dealkylation sites (tertiary alicyclic amines) is 1. The molecule has 1 aromatic heterocycles. The molecule has 7 heteroatoms. The molecule has 1 amide bonds. The summed E-state index contributed by atoms with van der Waals surface area (Å²) in [6, 6.07) is 10.5. The highest BCUT2D eigenvalue weighted by molar-refractivity contribution is 5.84. The number of hydrogen-bond donors (Lipinski definition) is 1. The van der Waals surface area contributed by atoms with Crippen molar-refractivity contribution >= 4 is 11.9 Å². The zero-order chi connectivity index (χ0) is 17.8. The number of hydrogen-bond acceptors (Lipinski definition) is 4.